The number of rotatable bonds is 5. The molecule has 0 bridgehead atoms. The number of alkyl halides is 3. The second kappa shape index (κ2) is 7.86. The van der Waals surface area contributed by atoms with E-state index in [-0.39, 0.29) is 17.8 Å². The van der Waals surface area contributed by atoms with E-state index in [0.29, 0.717) is 19.3 Å². The molecule has 6 nitrogen and oxygen atoms in total. The molecule has 0 unspecified atom stereocenters. The Balaban J connectivity index is 2.08. The number of hydrogen-bond acceptors (Lipinski definition) is 4. The molecule has 0 heterocycles. The van der Waals surface area contributed by atoms with Crippen LogP contribution in [0.25, 0.3) is 0 Å². The Morgan fingerprint density at radius 2 is 1.85 bits per heavy atom. The molecule has 3 atom stereocenters. The number of carbonyl (C=O) groups is 3. The van der Waals surface area contributed by atoms with Gasteiger partial charge in [0.15, 0.2) is 6.10 Å². The molecule has 1 fully saturated rings. The van der Waals surface area contributed by atoms with Gasteiger partial charge in [-0.15, -0.1) is 0 Å². The third-order valence-corrected chi connectivity index (χ3v) is 4.40. The topological polar surface area (TPSA) is 109 Å². The number of ketones is 1. The minimum atomic E-state index is -4.53. The van der Waals surface area contributed by atoms with E-state index >= 15 is 0 Å². The minimum absolute atomic E-state index is 0.0370. The summed E-state index contributed by atoms with van der Waals surface area (Å²) in [6.07, 6.45) is -4.69. The molecule has 1 aromatic carbocycles. The van der Waals surface area contributed by atoms with Crippen molar-refractivity contribution in [2.24, 2.45) is 11.7 Å². The number of aliphatic hydroxyl groups is 1. The largest absolute Gasteiger partial charge is 0.416 e. The molecule has 4 N–H and O–H groups in total. The van der Waals surface area contributed by atoms with Gasteiger partial charge in [0.05, 0.1) is 5.56 Å². The van der Waals surface area contributed by atoms with Crippen LogP contribution in [-0.4, -0.2) is 28.7 Å². The zero-order chi connectivity index (χ0) is 19.5. The molecule has 0 radical (unpaired) electrons. The molecular weight excluding hydrogens is 353 g/mol. The SMILES string of the molecule is NC(=O)[C@H](NC(=O)[C@@H](O)c1ccc(C(F)(F)F)cc1)[C@@H]1CCCC(=O)C1. The van der Waals surface area contributed by atoms with Gasteiger partial charge in [-0.2, -0.15) is 13.2 Å². The normalized spacial score (nSPS) is 20.3. The van der Waals surface area contributed by atoms with Gasteiger partial charge in [-0.1, -0.05) is 12.1 Å². The van der Waals surface area contributed by atoms with E-state index < -0.39 is 41.6 Å². The lowest BCUT2D eigenvalue weighted by Gasteiger charge is -2.28. The predicted molar refractivity (Wildman–Crippen MR) is 84.5 cm³/mol. The summed E-state index contributed by atoms with van der Waals surface area (Å²) in [6, 6.07) is 2.33. The Bertz CT molecular complexity index is 688. The van der Waals surface area contributed by atoms with Gasteiger partial charge in [0.25, 0.3) is 5.91 Å². The smallest absolute Gasteiger partial charge is 0.378 e. The van der Waals surface area contributed by atoms with E-state index in [0.717, 1.165) is 24.3 Å². The Kier molecular flexibility index (Phi) is 6.01. The fourth-order valence-electron chi connectivity index (χ4n) is 3.00. The van der Waals surface area contributed by atoms with Crippen LogP contribution in [0, 0.1) is 5.92 Å². The standard InChI is InChI=1S/C17H19F3N2O4/c18-17(19,20)11-6-4-9(5-7-11)14(24)16(26)22-13(15(21)25)10-2-1-3-12(23)8-10/h4-7,10,13-14,24H,1-3,8H2,(H2,21,25)(H,22,26)/t10-,13-,14+/m1/s1. The van der Waals surface area contributed by atoms with Crippen molar-refractivity contribution < 1.29 is 32.7 Å². The third-order valence-electron chi connectivity index (χ3n) is 4.40. The molecule has 0 saturated heterocycles. The van der Waals surface area contributed by atoms with Crippen molar-refractivity contribution in [3.63, 3.8) is 0 Å². The van der Waals surface area contributed by atoms with Gasteiger partial charge in [-0.05, 0) is 36.5 Å². The number of Topliss-reactive ketones (excluding diaryl/α,β-unsaturated/α-hetero) is 1. The molecule has 0 spiro atoms. The van der Waals surface area contributed by atoms with Crippen LogP contribution >= 0.6 is 0 Å². The number of hydrogen-bond donors (Lipinski definition) is 3. The molecule has 26 heavy (non-hydrogen) atoms. The zero-order valence-electron chi connectivity index (χ0n) is 13.8. The average Bonchev–Trinajstić information content (AvgIpc) is 2.57. The summed E-state index contributed by atoms with van der Waals surface area (Å²) in [6.45, 7) is 0. The van der Waals surface area contributed by atoms with E-state index in [1.54, 1.807) is 0 Å². The summed E-state index contributed by atoms with van der Waals surface area (Å²) in [4.78, 5) is 35.4. The van der Waals surface area contributed by atoms with E-state index in [4.69, 9.17) is 5.73 Å². The van der Waals surface area contributed by atoms with Crippen LogP contribution in [0.3, 0.4) is 0 Å². The second-order valence-corrected chi connectivity index (χ2v) is 6.31. The summed E-state index contributed by atoms with van der Waals surface area (Å²) in [5.41, 5.74) is 4.33. The van der Waals surface area contributed by atoms with Crippen LogP contribution in [0.2, 0.25) is 0 Å². The van der Waals surface area contributed by atoms with Gasteiger partial charge in [-0.3, -0.25) is 14.4 Å². The summed E-state index contributed by atoms with van der Waals surface area (Å²) in [5.74, 6) is -2.30. The van der Waals surface area contributed by atoms with Crippen LogP contribution in [-0.2, 0) is 20.6 Å². The molecule has 1 aliphatic rings. The Hall–Kier alpha value is -2.42. The van der Waals surface area contributed by atoms with Crippen molar-refractivity contribution in [1.82, 2.24) is 5.32 Å². The number of aliphatic hydroxyl groups excluding tert-OH is 1. The monoisotopic (exact) mass is 372 g/mol. The molecule has 0 aromatic heterocycles. The second-order valence-electron chi connectivity index (χ2n) is 6.31. The molecule has 1 aromatic rings. The van der Waals surface area contributed by atoms with Crippen molar-refractivity contribution in [2.75, 3.05) is 0 Å². The highest BCUT2D eigenvalue weighted by atomic mass is 19.4. The lowest BCUT2D eigenvalue weighted by Crippen LogP contribution is -2.51. The van der Waals surface area contributed by atoms with E-state index in [1.807, 2.05) is 0 Å². The summed E-state index contributed by atoms with van der Waals surface area (Å²) in [5, 5.41) is 12.4. The highest BCUT2D eigenvalue weighted by Crippen LogP contribution is 2.30. The van der Waals surface area contributed by atoms with Crippen LogP contribution in [0.15, 0.2) is 24.3 Å². The zero-order valence-corrected chi connectivity index (χ0v) is 13.8. The fraction of sp³-hybridized carbons (Fsp3) is 0.471. The van der Waals surface area contributed by atoms with Gasteiger partial charge in [0, 0.05) is 12.8 Å². The van der Waals surface area contributed by atoms with E-state index in [9.17, 15) is 32.7 Å². The molecule has 2 rings (SSSR count). The van der Waals surface area contributed by atoms with Gasteiger partial charge in [-0.25, -0.2) is 0 Å². The van der Waals surface area contributed by atoms with Crippen LogP contribution < -0.4 is 11.1 Å². The Labute approximate surface area is 147 Å². The minimum Gasteiger partial charge on any atom is -0.378 e. The first-order valence-corrected chi connectivity index (χ1v) is 8.06. The first kappa shape index (κ1) is 19.9. The van der Waals surface area contributed by atoms with Gasteiger partial charge in [0.2, 0.25) is 5.91 Å². The van der Waals surface area contributed by atoms with Gasteiger partial charge < -0.3 is 16.2 Å². The van der Waals surface area contributed by atoms with Crippen LogP contribution in [0.1, 0.15) is 42.9 Å². The van der Waals surface area contributed by atoms with Crippen molar-refractivity contribution in [3.8, 4) is 0 Å². The number of nitrogens with one attached hydrogen (secondary N) is 1. The highest BCUT2D eigenvalue weighted by Gasteiger charge is 2.34. The molecular formula is C17H19F3N2O4. The number of amides is 2. The quantitative estimate of drug-likeness (QED) is 0.727. The molecule has 1 saturated carbocycles. The number of benzene rings is 1. The molecule has 0 aliphatic heterocycles. The summed E-state index contributed by atoms with van der Waals surface area (Å²) < 4.78 is 37.7. The molecule has 142 valence electrons. The number of halogens is 3. The maximum Gasteiger partial charge on any atom is 0.416 e. The van der Waals surface area contributed by atoms with Crippen molar-refractivity contribution in [3.05, 3.63) is 35.4 Å². The maximum atomic E-state index is 12.6. The Morgan fingerprint density at radius 3 is 2.35 bits per heavy atom. The highest BCUT2D eigenvalue weighted by molar-refractivity contribution is 5.90. The van der Waals surface area contributed by atoms with E-state index in [1.165, 1.54) is 0 Å². The van der Waals surface area contributed by atoms with Crippen LogP contribution in [0.4, 0.5) is 13.2 Å². The van der Waals surface area contributed by atoms with Gasteiger partial charge in [0.1, 0.15) is 11.8 Å². The lowest BCUT2D eigenvalue weighted by molar-refractivity contribution is -0.137. The number of nitrogens with two attached hydrogens (primary N) is 1. The number of carbonyl (C=O) groups excluding carboxylic acids is 3. The summed E-state index contributed by atoms with van der Waals surface area (Å²) >= 11 is 0. The Morgan fingerprint density at radius 1 is 1.23 bits per heavy atom. The maximum absolute atomic E-state index is 12.6. The third kappa shape index (κ3) is 4.81. The fourth-order valence-corrected chi connectivity index (χ4v) is 3.00. The number of primary amides is 1. The molecule has 9 heteroatoms. The first-order valence-electron chi connectivity index (χ1n) is 8.06. The van der Waals surface area contributed by atoms with Crippen molar-refractivity contribution in [2.45, 2.75) is 44.0 Å². The molecule has 1 aliphatic carbocycles. The summed E-state index contributed by atoms with van der Waals surface area (Å²) in [7, 11) is 0. The average molecular weight is 372 g/mol. The van der Waals surface area contributed by atoms with Gasteiger partial charge >= 0.3 is 6.18 Å². The first-order chi connectivity index (χ1) is 12.1. The predicted octanol–water partition coefficient (Wildman–Crippen LogP) is 1.47. The van der Waals surface area contributed by atoms with E-state index in [2.05, 4.69) is 5.32 Å². The lowest BCUT2D eigenvalue weighted by atomic mass is 9.82. The van der Waals surface area contributed by atoms with Crippen molar-refractivity contribution >= 4 is 17.6 Å². The van der Waals surface area contributed by atoms with Crippen molar-refractivity contribution in [1.29, 1.82) is 0 Å². The molecule has 2 amide bonds. The van der Waals surface area contributed by atoms with Crippen LogP contribution in [0.5, 0.6) is 0 Å².